The van der Waals surface area contributed by atoms with Crippen LogP contribution in [0.4, 0.5) is 14.5 Å². The van der Waals surface area contributed by atoms with Crippen molar-refractivity contribution in [1.29, 1.82) is 0 Å². The number of hydrogen-bond donors (Lipinski definition) is 1. The fourth-order valence-corrected chi connectivity index (χ4v) is 2.64. The number of amides is 3. The third-order valence-corrected chi connectivity index (χ3v) is 3.94. The predicted molar refractivity (Wildman–Crippen MR) is 88.1 cm³/mol. The molecule has 0 saturated carbocycles. The molecule has 1 heterocycles. The lowest BCUT2D eigenvalue weighted by atomic mass is 10.1. The van der Waals surface area contributed by atoms with Crippen LogP contribution in [-0.4, -0.2) is 35.3 Å². The summed E-state index contributed by atoms with van der Waals surface area (Å²) in [7, 11) is 0. The molecule has 1 aliphatic rings. The van der Waals surface area contributed by atoms with E-state index in [0.29, 0.717) is 5.69 Å². The van der Waals surface area contributed by atoms with Gasteiger partial charge in [-0.1, -0.05) is 12.1 Å². The Bertz CT molecular complexity index is 833. The highest BCUT2D eigenvalue weighted by Gasteiger charge is 2.40. The molecule has 1 aliphatic heterocycles. The number of nitrogens with one attached hydrogen (secondary N) is 1. The molecule has 0 saturated heterocycles. The molecule has 0 fully saturated rings. The SMILES string of the molecule is C[C@@H](C(=O)Nc1ccc(OC(F)F)cc1)N1C(=O)c2ccccc2C1=O. The molecule has 0 unspecified atom stereocenters. The second kappa shape index (κ2) is 6.91. The van der Waals surface area contributed by atoms with E-state index in [4.69, 9.17) is 0 Å². The minimum Gasteiger partial charge on any atom is -0.435 e. The lowest BCUT2D eigenvalue weighted by Crippen LogP contribution is -2.45. The van der Waals surface area contributed by atoms with Gasteiger partial charge in [-0.3, -0.25) is 19.3 Å². The average Bonchev–Trinajstić information content (AvgIpc) is 2.87. The molecule has 26 heavy (non-hydrogen) atoms. The second-order valence-corrected chi connectivity index (χ2v) is 5.59. The maximum absolute atomic E-state index is 12.4. The smallest absolute Gasteiger partial charge is 0.387 e. The normalized spacial score (nSPS) is 14.4. The molecule has 3 amide bonds. The number of nitrogens with zero attached hydrogens (tertiary/aromatic N) is 1. The highest BCUT2D eigenvalue weighted by Crippen LogP contribution is 2.25. The van der Waals surface area contributed by atoms with Gasteiger partial charge < -0.3 is 10.1 Å². The maximum atomic E-state index is 12.4. The van der Waals surface area contributed by atoms with E-state index in [1.165, 1.54) is 43.3 Å². The van der Waals surface area contributed by atoms with Crippen molar-refractivity contribution in [2.75, 3.05) is 5.32 Å². The Morgan fingerprint density at radius 3 is 2.04 bits per heavy atom. The number of rotatable bonds is 5. The number of carbonyl (C=O) groups excluding carboxylic acids is 3. The van der Waals surface area contributed by atoms with Gasteiger partial charge in [0, 0.05) is 5.69 Å². The van der Waals surface area contributed by atoms with Crippen molar-refractivity contribution in [2.45, 2.75) is 19.6 Å². The fourth-order valence-electron chi connectivity index (χ4n) is 2.64. The predicted octanol–water partition coefficient (Wildman–Crippen LogP) is 2.91. The van der Waals surface area contributed by atoms with Gasteiger partial charge in [0.05, 0.1) is 11.1 Å². The van der Waals surface area contributed by atoms with Crippen molar-refractivity contribution < 1.29 is 27.9 Å². The number of anilines is 1. The third kappa shape index (κ3) is 3.26. The molecule has 1 N–H and O–H groups in total. The van der Waals surface area contributed by atoms with Gasteiger partial charge in [0.1, 0.15) is 11.8 Å². The zero-order valence-electron chi connectivity index (χ0n) is 13.6. The molecule has 2 aromatic rings. The van der Waals surface area contributed by atoms with Gasteiger partial charge in [-0.25, -0.2) is 0 Å². The lowest BCUT2D eigenvalue weighted by molar-refractivity contribution is -0.119. The van der Waals surface area contributed by atoms with Crippen LogP contribution >= 0.6 is 0 Å². The Labute approximate surface area is 147 Å². The van der Waals surface area contributed by atoms with Crippen LogP contribution in [0.3, 0.4) is 0 Å². The van der Waals surface area contributed by atoms with Crippen LogP contribution in [-0.2, 0) is 4.79 Å². The van der Waals surface area contributed by atoms with Crippen molar-refractivity contribution in [3.05, 3.63) is 59.7 Å². The molecule has 1 atom stereocenters. The zero-order valence-corrected chi connectivity index (χ0v) is 13.6. The number of halogens is 2. The first kappa shape index (κ1) is 17.5. The van der Waals surface area contributed by atoms with Crippen molar-refractivity contribution in [1.82, 2.24) is 4.90 Å². The van der Waals surface area contributed by atoms with Crippen molar-refractivity contribution in [3.63, 3.8) is 0 Å². The van der Waals surface area contributed by atoms with Crippen LogP contribution in [0.5, 0.6) is 5.75 Å². The molecule has 8 heteroatoms. The Kier molecular flexibility index (Phi) is 4.66. The molecule has 3 rings (SSSR count). The summed E-state index contributed by atoms with van der Waals surface area (Å²) in [6.07, 6.45) is 0. The molecule has 6 nitrogen and oxygen atoms in total. The monoisotopic (exact) mass is 360 g/mol. The number of fused-ring (bicyclic) bond motifs is 1. The zero-order chi connectivity index (χ0) is 18.8. The van der Waals surface area contributed by atoms with E-state index in [1.807, 2.05) is 0 Å². The van der Waals surface area contributed by atoms with Crippen molar-refractivity contribution >= 4 is 23.4 Å². The summed E-state index contributed by atoms with van der Waals surface area (Å²) in [4.78, 5) is 38.1. The van der Waals surface area contributed by atoms with Gasteiger partial charge in [0.2, 0.25) is 5.91 Å². The standard InChI is InChI=1S/C18H14F2N2O4/c1-10(22-16(24)13-4-2-3-5-14(13)17(22)25)15(23)21-11-6-8-12(9-7-11)26-18(19)20/h2-10,18H,1H3,(H,21,23)/t10-/m0/s1. The van der Waals surface area contributed by atoms with E-state index in [0.717, 1.165) is 4.90 Å². The summed E-state index contributed by atoms with van der Waals surface area (Å²) in [5.74, 6) is -1.70. The largest absolute Gasteiger partial charge is 0.435 e. The molecule has 0 aromatic heterocycles. The minimum atomic E-state index is -2.94. The number of carbonyl (C=O) groups is 3. The molecular formula is C18H14F2N2O4. The summed E-state index contributed by atoms with van der Waals surface area (Å²) in [5, 5.41) is 2.54. The van der Waals surface area contributed by atoms with E-state index < -0.39 is 30.4 Å². The van der Waals surface area contributed by atoms with Crippen molar-refractivity contribution in [3.8, 4) is 5.75 Å². The van der Waals surface area contributed by atoms with Gasteiger partial charge in [-0.2, -0.15) is 8.78 Å². The summed E-state index contributed by atoms with van der Waals surface area (Å²) < 4.78 is 28.5. The lowest BCUT2D eigenvalue weighted by Gasteiger charge is -2.21. The molecule has 2 aromatic carbocycles. The van der Waals surface area contributed by atoms with Crippen LogP contribution in [0.25, 0.3) is 0 Å². The molecular weight excluding hydrogens is 346 g/mol. The van der Waals surface area contributed by atoms with Crippen LogP contribution in [0.15, 0.2) is 48.5 Å². The minimum absolute atomic E-state index is 0.0496. The Hall–Kier alpha value is -3.29. The molecule has 0 aliphatic carbocycles. The second-order valence-electron chi connectivity index (χ2n) is 5.59. The first-order chi connectivity index (χ1) is 12.4. The van der Waals surface area contributed by atoms with Crippen LogP contribution in [0.1, 0.15) is 27.6 Å². The molecule has 134 valence electrons. The topological polar surface area (TPSA) is 75.7 Å². The molecule has 0 spiro atoms. The van der Waals surface area contributed by atoms with E-state index >= 15 is 0 Å². The Morgan fingerprint density at radius 1 is 1.00 bits per heavy atom. The first-order valence-electron chi connectivity index (χ1n) is 7.71. The number of imide groups is 1. The summed E-state index contributed by atoms with van der Waals surface area (Å²) in [5.41, 5.74) is 0.830. The Balaban J connectivity index is 1.71. The summed E-state index contributed by atoms with van der Waals surface area (Å²) in [6.45, 7) is -1.50. The fraction of sp³-hybridized carbons (Fsp3) is 0.167. The van der Waals surface area contributed by atoms with Crippen LogP contribution < -0.4 is 10.1 Å². The van der Waals surface area contributed by atoms with Crippen LogP contribution in [0, 0.1) is 0 Å². The first-order valence-corrected chi connectivity index (χ1v) is 7.71. The van der Waals surface area contributed by atoms with E-state index in [2.05, 4.69) is 10.1 Å². The summed E-state index contributed by atoms with van der Waals surface area (Å²) >= 11 is 0. The van der Waals surface area contributed by atoms with Gasteiger partial charge in [0.25, 0.3) is 11.8 Å². The van der Waals surface area contributed by atoms with Gasteiger partial charge >= 0.3 is 6.61 Å². The van der Waals surface area contributed by atoms with E-state index in [-0.39, 0.29) is 16.9 Å². The van der Waals surface area contributed by atoms with Gasteiger partial charge in [-0.05, 0) is 43.3 Å². The highest BCUT2D eigenvalue weighted by molar-refractivity contribution is 6.23. The van der Waals surface area contributed by atoms with Crippen molar-refractivity contribution in [2.24, 2.45) is 0 Å². The number of benzene rings is 2. The number of alkyl halides is 2. The van der Waals surface area contributed by atoms with Gasteiger partial charge in [0.15, 0.2) is 0 Å². The molecule has 0 radical (unpaired) electrons. The van der Waals surface area contributed by atoms with Crippen LogP contribution in [0.2, 0.25) is 0 Å². The quantitative estimate of drug-likeness (QED) is 0.832. The number of ether oxygens (including phenoxy) is 1. The highest BCUT2D eigenvalue weighted by atomic mass is 19.3. The average molecular weight is 360 g/mol. The van der Waals surface area contributed by atoms with E-state index in [9.17, 15) is 23.2 Å². The Morgan fingerprint density at radius 2 is 1.54 bits per heavy atom. The van der Waals surface area contributed by atoms with Gasteiger partial charge in [-0.15, -0.1) is 0 Å². The maximum Gasteiger partial charge on any atom is 0.387 e. The third-order valence-electron chi connectivity index (χ3n) is 3.94. The summed E-state index contributed by atoms with van der Waals surface area (Å²) in [6, 6.07) is 10.6. The number of hydrogen-bond acceptors (Lipinski definition) is 4. The molecule has 0 bridgehead atoms. The van der Waals surface area contributed by atoms with E-state index in [1.54, 1.807) is 12.1 Å².